The molecule has 11 nitrogen and oxygen atoms in total. The molecule has 2 atom stereocenters. The van der Waals surface area contributed by atoms with Crippen molar-refractivity contribution in [3.63, 3.8) is 0 Å². The Kier molecular flexibility index (Phi) is 6.54. The van der Waals surface area contributed by atoms with Crippen molar-refractivity contribution in [2.24, 2.45) is 0 Å². The highest BCUT2D eigenvalue weighted by Gasteiger charge is 2.37. The first-order valence-electron chi connectivity index (χ1n) is 13.1. The molecule has 1 aliphatic rings. The van der Waals surface area contributed by atoms with Crippen LogP contribution in [-0.4, -0.2) is 40.6 Å². The molecule has 43 heavy (non-hydrogen) atoms. The number of rotatable bonds is 3. The van der Waals surface area contributed by atoms with Gasteiger partial charge in [0.2, 0.25) is 5.43 Å². The van der Waals surface area contributed by atoms with Crippen LogP contribution in [0.1, 0.15) is 44.8 Å². The van der Waals surface area contributed by atoms with Gasteiger partial charge in [0.15, 0.2) is 17.6 Å². The molecule has 0 unspecified atom stereocenters. The van der Waals surface area contributed by atoms with Crippen LogP contribution in [-0.2, 0) is 4.74 Å². The molecule has 0 spiro atoms. The van der Waals surface area contributed by atoms with Gasteiger partial charge < -0.3 is 43.8 Å². The number of aliphatic hydroxyl groups excluding tert-OH is 1. The van der Waals surface area contributed by atoms with Crippen LogP contribution >= 0.6 is 0 Å². The summed E-state index contributed by atoms with van der Waals surface area (Å²) in [5, 5.41) is 44.0. The van der Waals surface area contributed by atoms with Gasteiger partial charge >= 0.3 is 5.97 Å². The van der Waals surface area contributed by atoms with Crippen LogP contribution in [0, 0.1) is 13.8 Å². The van der Waals surface area contributed by atoms with Crippen LogP contribution in [0.3, 0.4) is 0 Å². The molecule has 1 aromatic heterocycles. The number of phenols is 3. The van der Waals surface area contributed by atoms with E-state index in [2.05, 4.69) is 0 Å². The Morgan fingerprint density at radius 1 is 0.721 bits per heavy atom. The van der Waals surface area contributed by atoms with Gasteiger partial charge in [0, 0.05) is 23.3 Å². The van der Waals surface area contributed by atoms with E-state index in [9.17, 15) is 30.0 Å². The van der Waals surface area contributed by atoms with Crippen molar-refractivity contribution in [2.45, 2.75) is 26.1 Å². The van der Waals surface area contributed by atoms with Crippen molar-refractivity contribution >= 4 is 27.9 Å². The quantitative estimate of drug-likeness (QED) is 0.157. The van der Waals surface area contributed by atoms with E-state index in [1.807, 2.05) is 0 Å². The Balaban J connectivity index is 1.71. The van der Waals surface area contributed by atoms with Gasteiger partial charge in [-0.1, -0.05) is 0 Å². The molecular formula is C32H26O11. The Morgan fingerprint density at radius 2 is 1.35 bits per heavy atom. The number of benzene rings is 4. The first-order valence-corrected chi connectivity index (χ1v) is 13.1. The van der Waals surface area contributed by atoms with Crippen molar-refractivity contribution in [3.05, 3.63) is 86.6 Å². The molecule has 1 aliphatic heterocycles. The lowest BCUT2D eigenvalue weighted by Gasteiger charge is -2.25. The van der Waals surface area contributed by atoms with Gasteiger partial charge in [-0.15, -0.1) is 0 Å². The zero-order valence-electron chi connectivity index (χ0n) is 23.4. The van der Waals surface area contributed by atoms with Crippen molar-refractivity contribution in [3.8, 4) is 40.2 Å². The number of hydrogen-bond acceptors (Lipinski definition) is 11. The van der Waals surface area contributed by atoms with Crippen molar-refractivity contribution in [2.75, 3.05) is 14.2 Å². The number of ether oxygens (including phenoxy) is 4. The minimum absolute atomic E-state index is 0.0313. The Hall–Kier alpha value is -5.42. The number of aromatic hydroxyl groups is 3. The number of hydrogen-bond donors (Lipinski definition) is 4. The third-order valence-corrected chi connectivity index (χ3v) is 7.34. The van der Waals surface area contributed by atoms with Gasteiger partial charge in [-0.05, 0) is 61.4 Å². The fourth-order valence-electron chi connectivity index (χ4n) is 5.39. The predicted molar refractivity (Wildman–Crippen MR) is 154 cm³/mol. The highest BCUT2D eigenvalue weighted by molar-refractivity contribution is 5.98. The number of methoxy groups -OCH3 is 2. The summed E-state index contributed by atoms with van der Waals surface area (Å²) in [5.41, 5.74) is 0.218. The summed E-state index contributed by atoms with van der Waals surface area (Å²) in [5.74, 6) is -2.33. The maximum Gasteiger partial charge on any atom is 0.346 e. The molecule has 4 N–H and O–H groups in total. The minimum atomic E-state index is -1.77. The number of esters is 1. The monoisotopic (exact) mass is 586 g/mol. The molecule has 11 heteroatoms. The summed E-state index contributed by atoms with van der Waals surface area (Å²) in [4.78, 5) is 27.7. The second kappa shape index (κ2) is 10.1. The zero-order chi connectivity index (χ0) is 30.7. The Bertz CT molecular complexity index is 2030. The van der Waals surface area contributed by atoms with E-state index in [4.69, 9.17) is 23.4 Å². The Labute approximate surface area is 243 Å². The van der Waals surface area contributed by atoms with Gasteiger partial charge in [0.1, 0.15) is 57.0 Å². The number of aliphatic hydroxyl groups is 1. The van der Waals surface area contributed by atoms with E-state index in [1.54, 1.807) is 19.9 Å². The highest BCUT2D eigenvalue weighted by Crippen LogP contribution is 2.49. The van der Waals surface area contributed by atoms with Crippen LogP contribution in [0.15, 0.2) is 57.7 Å². The van der Waals surface area contributed by atoms with E-state index in [-0.39, 0.29) is 67.4 Å². The SMILES string of the molecule is COc1cc(O)c2c(c1)[C@H](O)[C@@H](c1cc(OC)cc3oc4cc(C)cc(O)c4c(=O)c13)OC(=O)c1c(O)cc(C)cc1O2. The summed E-state index contributed by atoms with van der Waals surface area (Å²) in [7, 11) is 2.74. The maximum absolute atomic E-state index is 14.0. The summed E-state index contributed by atoms with van der Waals surface area (Å²) >= 11 is 0. The van der Waals surface area contributed by atoms with Crippen LogP contribution in [0.25, 0.3) is 21.9 Å². The average Bonchev–Trinajstić information content (AvgIpc) is 2.98. The summed E-state index contributed by atoms with van der Waals surface area (Å²) in [6.07, 6.45) is -3.42. The highest BCUT2D eigenvalue weighted by atomic mass is 16.6. The maximum atomic E-state index is 14.0. The van der Waals surface area contributed by atoms with Crippen molar-refractivity contribution in [1.29, 1.82) is 0 Å². The minimum Gasteiger partial charge on any atom is -0.507 e. The van der Waals surface area contributed by atoms with Crippen molar-refractivity contribution in [1.82, 2.24) is 0 Å². The van der Waals surface area contributed by atoms with Crippen LogP contribution < -0.4 is 19.6 Å². The second-order valence-electron chi connectivity index (χ2n) is 10.3. The fourth-order valence-corrected chi connectivity index (χ4v) is 5.39. The topological polar surface area (TPSA) is 165 Å². The van der Waals surface area contributed by atoms with E-state index < -0.39 is 35.1 Å². The third-order valence-electron chi connectivity index (χ3n) is 7.34. The lowest BCUT2D eigenvalue weighted by atomic mass is 9.93. The Morgan fingerprint density at radius 3 is 2.07 bits per heavy atom. The molecule has 2 heterocycles. The average molecular weight is 587 g/mol. The van der Waals surface area contributed by atoms with Gasteiger partial charge in [-0.2, -0.15) is 0 Å². The largest absolute Gasteiger partial charge is 0.507 e. The summed E-state index contributed by atoms with van der Waals surface area (Å²) in [6, 6.07) is 11.3. The molecule has 5 aromatic rings. The fraction of sp³-hybridized carbons (Fsp3) is 0.188. The summed E-state index contributed by atoms with van der Waals surface area (Å²) in [6.45, 7) is 3.39. The smallest absolute Gasteiger partial charge is 0.346 e. The first kappa shape index (κ1) is 27.7. The van der Waals surface area contributed by atoms with Gasteiger partial charge in [0.05, 0.1) is 19.6 Å². The van der Waals surface area contributed by atoms with Gasteiger partial charge in [-0.3, -0.25) is 4.79 Å². The number of phenolic OH excluding ortho intramolecular Hbond substituents is 3. The molecule has 0 amide bonds. The molecule has 0 aliphatic carbocycles. The third kappa shape index (κ3) is 4.50. The van der Waals surface area contributed by atoms with E-state index >= 15 is 0 Å². The van der Waals surface area contributed by atoms with E-state index in [1.165, 1.54) is 56.7 Å². The lowest BCUT2D eigenvalue weighted by molar-refractivity contribution is -0.0204. The first-order chi connectivity index (χ1) is 20.5. The molecule has 0 bridgehead atoms. The number of carbonyl (C=O) groups is 1. The molecule has 0 saturated carbocycles. The molecular weight excluding hydrogens is 560 g/mol. The van der Waals surface area contributed by atoms with Crippen LogP contribution in [0.2, 0.25) is 0 Å². The molecule has 4 aromatic carbocycles. The normalized spacial score (nSPS) is 16.3. The number of fused-ring (bicyclic) bond motifs is 4. The lowest BCUT2D eigenvalue weighted by Crippen LogP contribution is -2.20. The second-order valence-corrected chi connectivity index (χ2v) is 10.3. The number of aryl methyl sites for hydroxylation is 2. The van der Waals surface area contributed by atoms with Crippen molar-refractivity contribution < 1.29 is 48.6 Å². The summed E-state index contributed by atoms with van der Waals surface area (Å²) < 4.78 is 28.6. The van der Waals surface area contributed by atoms with E-state index in [0.29, 0.717) is 11.1 Å². The van der Waals surface area contributed by atoms with Crippen LogP contribution in [0.4, 0.5) is 0 Å². The standard InChI is InChI=1S/C32H26O11/c1-13-5-19(33)26-22(7-13)41-24-12-16(40-4)9-17(25(24)29(26)37)31-28(36)18-10-15(39-3)11-21(35)30(18)42-23-8-14(2)6-20(34)27(23)32(38)43-31/h5-12,28,31,33-36H,1-4H3/t28-,31+/m0/s1. The van der Waals surface area contributed by atoms with Gasteiger partial charge in [0.25, 0.3) is 0 Å². The zero-order valence-corrected chi connectivity index (χ0v) is 23.4. The predicted octanol–water partition coefficient (Wildman–Crippen LogP) is 5.43. The molecule has 0 radical (unpaired) electrons. The molecule has 6 rings (SSSR count). The molecule has 0 fully saturated rings. The number of cyclic esters (lactones) is 1. The molecule has 0 saturated heterocycles. The number of carbonyl (C=O) groups excluding carboxylic acids is 1. The van der Waals surface area contributed by atoms with E-state index in [0.717, 1.165) is 0 Å². The molecule has 220 valence electrons. The van der Waals surface area contributed by atoms with Crippen LogP contribution in [0.5, 0.6) is 40.2 Å². The van der Waals surface area contributed by atoms with Gasteiger partial charge in [-0.25, -0.2) is 4.79 Å².